The zero-order chi connectivity index (χ0) is 20.1. The monoisotopic (exact) mass is 403 g/mol. The average Bonchev–Trinajstić information content (AvgIpc) is 3.27. The summed E-state index contributed by atoms with van der Waals surface area (Å²) in [5.74, 6) is 0.00162. The molecular weight excluding hydrogens is 386 g/mol. The molecule has 144 valence electrons. The molecule has 4 rings (SSSR count). The van der Waals surface area contributed by atoms with Crippen molar-refractivity contribution < 1.29 is 9.53 Å². The number of carbonyl (C=O) groups excluding carboxylic acids is 1. The van der Waals surface area contributed by atoms with Crippen LogP contribution in [0, 0.1) is 0 Å². The fourth-order valence-corrected chi connectivity index (χ4v) is 3.33. The van der Waals surface area contributed by atoms with Crippen LogP contribution in [0.3, 0.4) is 0 Å². The Labute approximate surface area is 170 Å². The Bertz CT molecular complexity index is 1170. The topological polar surface area (TPSA) is 84.1 Å². The number of benzene rings is 2. The van der Waals surface area contributed by atoms with Gasteiger partial charge in [-0.15, -0.1) is 11.3 Å². The summed E-state index contributed by atoms with van der Waals surface area (Å²) in [7, 11) is 0. The Morgan fingerprint density at radius 1 is 1.03 bits per heavy atom. The van der Waals surface area contributed by atoms with Crippen LogP contribution >= 0.6 is 11.3 Å². The van der Waals surface area contributed by atoms with E-state index >= 15 is 0 Å². The molecule has 0 aliphatic rings. The number of aromatic nitrogens is 2. The van der Waals surface area contributed by atoms with Gasteiger partial charge in [0.25, 0.3) is 11.5 Å². The van der Waals surface area contributed by atoms with Gasteiger partial charge < -0.3 is 15.0 Å². The molecule has 7 heteroatoms. The van der Waals surface area contributed by atoms with Crippen LogP contribution in [0.15, 0.2) is 82.4 Å². The molecule has 0 radical (unpaired) electrons. The molecule has 0 saturated heterocycles. The first-order valence-corrected chi connectivity index (χ1v) is 9.84. The molecule has 2 aromatic heterocycles. The van der Waals surface area contributed by atoms with E-state index in [9.17, 15) is 9.59 Å². The van der Waals surface area contributed by atoms with E-state index < -0.39 is 11.5 Å². The Kier molecular flexibility index (Phi) is 5.49. The molecule has 0 unspecified atom stereocenters. The van der Waals surface area contributed by atoms with Crippen molar-refractivity contribution in [3.8, 4) is 17.0 Å². The second-order valence-corrected chi connectivity index (χ2v) is 6.92. The zero-order valence-electron chi connectivity index (χ0n) is 15.3. The Morgan fingerprint density at radius 2 is 1.83 bits per heavy atom. The van der Waals surface area contributed by atoms with Gasteiger partial charge in [-0.1, -0.05) is 42.5 Å². The molecule has 0 bridgehead atoms. The number of para-hydroxylation sites is 2. The van der Waals surface area contributed by atoms with Crippen LogP contribution in [-0.4, -0.2) is 15.9 Å². The number of anilines is 1. The van der Waals surface area contributed by atoms with Crippen LogP contribution in [-0.2, 0) is 6.61 Å². The van der Waals surface area contributed by atoms with Gasteiger partial charge in [0.15, 0.2) is 0 Å². The first kappa shape index (κ1) is 18.6. The molecule has 1 amide bonds. The first-order valence-electron chi connectivity index (χ1n) is 8.90. The van der Waals surface area contributed by atoms with E-state index in [1.165, 1.54) is 17.4 Å². The number of carbonyl (C=O) groups is 1. The number of aromatic amines is 1. The lowest BCUT2D eigenvalue weighted by molar-refractivity contribution is 0.102. The summed E-state index contributed by atoms with van der Waals surface area (Å²) in [6.07, 6.45) is 0. The maximum atomic E-state index is 12.7. The maximum Gasteiger partial charge on any atom is 0.261 e. The molecule has 0 spiro atoms. The Hall–Kier alpha value is -3.71. The summed E-state index contributed by atoms with van der Waals surface area (Å²) in [4.78, 5) is 32.1. The van der Waals surface area contributed by atoms with Gasteiger partial charge in [0, 0.05) is 11.1 Å². The highest BCUT2D eigenvalue weighted by molar-refractivity contribution is 7.07. The minimum Gasteiger partial charge on any atom is -0.485 e. The number of amides is 1. The molecule has 0 aliphatic carbocycles. The van der Waals surface area contributed by atoms with Crippen LogP contribution in [0.2, 0.25) is 0 Å². The Balaban J connectivity index is 1.52. The van der Waals surface area contributed by atoms with Crippen molar-refractivity contribution in [1.82, 2.24) is 9.97 Å². The lowest BCUT2D eigenvalue weighted by Crippen LogP contribution is -2.23. The molecular formula is C22H17N3O3S. The number of nitrogens with one attached hydrogen (secondary N) is 2. The third-order valence-corrected chi connectivity index (χ3v) is 4.87. The van der Waals surface area contributed by atoms with Gasteiger partial charge in [-0.3, -0.25) is 9.59 Å². The van der Waals surface area contributed by atoms with Gasteiger partial charge in [-0.25, -0.2) is 4.98 Å². The van der Waals surface area contributed by atoms with E-state index in [1.54, 1.807) is 29.8 Å². The molecule has 0 atom stereocenters. The normalized spacial score (nSPS) is 10.5. The van der Waals surface area contributed by atoms with Gasteiger partial charge in [0.2, 0.25) is 0 Å². The average molecular weight is 403 g/mol. The molecule has 0 saturated carbocycles. The minimum atomic E-state index is -0.504. The first-order chi connectivity index (χ1) is 14.2. The fraction of sp³-hybridized carbons (Fsp3) is 0.0455. The van der Waals surface area contributed by atoms with Crippen LogP contribution in [0.1, 0.15) is 16.1 Å². The third-order valence-electron chi connectivity index (χ3n) is 4.23. The van der Waals surface area contributed by atoms with E-state index in [4.69, 9.17) is 4.74 Å². The van der Waals surface area contributed by atoms with E-state index in [0.29, 0.717) is 23.7 Å². The lowest BCUT2D eigenvalue weighted by Gasteiger charge is -2.12. The predicted molar refractivity (Wildman–Crippen MR) is 113 cm³/mol. The molecule has 2 N–H and O–H groups in total. The summed E-state index contributed by atoms with van der Waals surface area (Å²) < 4.78 is 5.77. The molecule has 0 fully saturated rings. The van der Waals surface area contributed by atoms with Crippen molar-refractivity contribution in [2.24, 2.45) is 0 Å². The summed E-state index contributed by atoms with van der Waals surface area (Å²) >= 11 is 1.49. The largest absolute Gasteiger partial charge is 0.485 e. The summed E-state index contributed by atoms with van der Waals surface area (Å²) in [5, 5.41) is 4.65. The highest BCUT2D eigenvalue weighted by atomic mass is 32.1. The number of nitrogens with zero attached hydrogens (tertiary/aromatic N) is 1. The van der Waals surface area contributed by atoms with Crippen molar-refractivity contribution in [2.45, 2.75) is 6.61 Å². The molecule has 4 aromatic rings. The zero-order valence-corrected chi connectivity index (χ0v) is 16.1. The van der Waals surface area contributed by atoms with Gasteiger partial charge in [0.1, 0.15) is 17.9 Å². The highest BCUT2D eigenvalue weighted by Gasteiger charge is 2.14. The van der Waals surface area contributed by atoms with E-state index in [1.807, 2.05) is 41.8 Å². The fourth-order valence-electron chi connectivity index (χ4n) is 2.78. The second kappa shape index (κ2) is 8.53. The lowest BCUT2D eigenvalue weighted by atomic mass is 10.1. The van der Waals surface area contributed by atoms with Gasteiger partial charge >= 0.3 is 0 Å². The van der Waals surface area contributed by atoms with Crippen LogP contribution < -0.4 is 15.6 Å². The van der Waals surface area contributed by atoms with E-state index in [-0.39, 0.29) is 5.56 Å². The predicted octanol–water partition coefficient (Wildman–Crippen LogP) is 4.33. The van der Waals surface area contributed by atoms with E-state index in [0.717, 1.165) is 11.3 Å². The van der Waals surface area contributed by atoms with Crippen LogP contribution in [0.5, 0.6) is 5.75 Å². The smallest absolute Gasteiger partial charge is 0.261 e. The van der Waals surface area contributed by atoms with Crippen LogP contribution in [0.4, 0.5) is 5.69 Å². The van der Waals surface area contributed by atoms with Crippen molar-refractivity contribution in [1.29, 1.82) is 0 Å². The van der Waals surface area contributed by atoms with Gasteiger partial charge in [-0.2, -0.15) is 0 Å². The number of pyridine rings is 1. The number of thiazole rings is 1. The number of rotatable bonds is 6. The van der Waals surface area contributed by atoms with Gasteiger partial charge in [-0.05, 0) is 29.8 Å². The summed E-state index contributed by atoms with van der Waals surface area (Å²) in [6, 6.07) is 19.8. The Morgan fingerprint density at radius 3 is 2.59 bits per heavy atom. The maximum absolute atomic E-state index is 12.7. The summed E-state index contributed by atoms with van der Waals surface area (Å²) in [6.45, 7) is 0.294. The van der Waals surface area contributed by atoms with Crippen molar-refractivity contribution in [2.75, 3.05) is 5.32 Å². The van der Waals surface area contributed by atoms with Crippen LogP contribution in [0.25, 0.3) is 11.3 Å². The molecule has 2 heterocycles. The SMILES string of the molecule is O=C(Nc1ccccc1OCc1cscn1)c1ccc(-c2ccccc2)[nH]c1=O. The van der Waals surface area contributed by atoms with Gasteiger partial charge in [0.05, 0.1) is 16.9 Å². The standard InChI is InChI=1S/C22H17N3O3S/c26-21-17(10-11-18(24-21)15-6-2-1-3-7-15)22(27)25-19-8-4-5-9-20(19)28-12-16-13-29-14-23-16/h1-11,13-14H,12H2,(H,24,26)(H,25,27). The second-order valence-electron chi connectivity index (χ2n) is 6.20. The quantitative estimate of drug-likeness (QED) is 0.502. The number of H-pyrrole nitrogens is 1. The van der Waals surface area contributed by atoms with Crippen molar-refractivity contribution in [3.05, 3.63) is 99.2 Å². The number of ether oxygens (including phenoxy) is 1. The molecule has 2 aromatic carbocycles. The van der Waals surface area contributed by atoms with Crippen molar-refractivity contribution in [3.63, 3.8) is 0 Å². The number of hydrogen-bond acceptors (Lipinski definition) is 5. The molecule has 0 aliphatic heterocycles. The molecule has 29 heavy (non-hydrogen) atoms. The third kappa shape index (κ3) is 4.41. The highest BCUT2D eigenvalue weighted by Crippen LogP contribution is 2.25. The van der Waals surface area contributed by atoms with E-state index in [2.05, 4.69) is 15.3 Å². The molecule has 6 nitrogen and oxygen atoms in total. The minimum absolute atomic E-state index is 0.0268. The van der Waals surface area contributed by atoms with Crippen molar-refractivity contribution >= 4 is 22.9 Å². The summed E-state index contributed by atoms with van der Waals surface area (Å²) in [5.41, 5.74) is 4.13. The number of hydrogen-bond donors (Lipinski definition) is 2.